The van der Waals surface area contributed by atoms with Crippen LogP contribution in [0.5, 0.6) is 0 Å². The van der Waals surface area contributed by atoms with Crippen LogP contribution in [-0.4, -0.2) is 66.2 Å². The van der Waals surface area contributed by atoms with E-state index in [9.17, 15) is 22.8 Å². The molecule has 0 radical (unpaired) electrons. The zero-order valence-corrected chi connectivity index (χ0v) is 18.6. The number of imide groups is 1. The molecule has 0 unspecified atom stereocenters. The first-order valence-corrected chi connectivity index (χ1v) is 12.7. The van der Waals surface area contributed by atoms with E-state index in [2.05, 4.69) is 5.32 Å². The number of fused-ring (bicyclic) bond motifs is 1. The summed E-state index contributed by atoms with van der Waals surface area (Å²) in [6.45, 7) is 1.26. The minimum Gasteiger partial charge on any atom is -0.334 e. The SMILES string of the molecule is C[C@]1(c2cccc3ccccc23)NC(=O)N(CC(=O)N(C2CC2)[C@@H]2CCS(=O)(=O)C2)C1=O. The normalized spacial score (nSPS) is 27.0. The van der Waals surface area contributed by atoms with Crippen molar-refractivity contribution in [3.63, 3.8) is 0 Å². The molecule has 2 aliphatic heterocycles. The maximum Gasteiger partial charge on any atom is 0.325 e. The highest BCUT2D eigenvalue weighted by atomic mass is 32.2. The highest BCUT2D eigenvalue weighted by Crippen LogP contribution is 2.35. The molecular weight excluding hydrogens is 430 g/mol. The number of carbonyl (C=O) groups is 3. The van der Waals surface area contributed by atoms with Crippen LogP contribution in [0.4, 0.5) is 4.79 Å². The van der Waals surface area contributed by atoms with Gasteiger partial charge in [0.05, 0.1) is 11.5 Å². The first kappa shape index (κ1) is 20.9. The number of benzene rings is 2. The van der Waals surface area contributed by atoms with Gasteiger partial charge in [-0.1, -0.05) is 42.5 Å². The molecule has 2 heterocycles. The van der Waals surface area contributed by atoms with Crippen LogP contribution in [0.1, 0.15) is 31.7 Å². The Morgan fingerprint density at radius 3 is 2.50 bits per heavy atom. The molecule has 1 saturated carbocycles. The first-order valence-electron chi connectivity index (χ1n) is 10.8. The molecular formula is C23H25N3O5S. The minimum atomic E-state index is -3.16. The Morgan fingerprint density at radius 1 is 1.09 bits per heavy atom. The number of hydrogen-bond acceptors (Lipinski definition) is 5. The Labute approximate surface area is 186 Å². The molecule has 0 spiro atoms. The number of nitrogens with zero attached hydrogens (tertiary/aromatic N) is 2. The molecule has 168 valence electrons. The summed E-state index contributed by atoms with van der Waals surface area (Å²) in [5.74, 6) is -0.846. The highest BCUT2D eigenvalue weighted by Gasteiger charge is 2.51. The zero-order chi connectivity index (χ0) is 22.7. The number of hydrogen-bond donors (Lipinski definition) is 1. The largest absolute Gasteiger partial charge is 0.334 e. The fourth-order valence-corrected chi connectivity index (χ4v) is 6.67. The van der Waals surface area contributed by atoms with Gasteiger partial charge in [0.2, 0.25) is 5.91 Å². The van der Waals surface area contributed by atoms with Gasteiger partial charge in [-0.3, -0.25) is 14.5 Å². The van der Waals surface area contributed by atoms with Gasteiger partial charge in [0.15, 0.2) is 9.84 Å². The van der Waals surface area contributed by atoms with Crippen molar-refractivity contribution < 1.29 is 22.8 Å². The first-order chi connectivity index (χ1) is 15.2. The van der Waals surface area contributed by atoms with Crippen LogP contribution in [0.25, 0.3) is 10.8 Å². The highest BCUT2D eigenvalue weighted by molar-refractivity contribution is 7.91. The molecule has 3 aliphatic rings. The van der Waals surface area contributed by atoms with Crippen LogP contribution < -0.4 is 5.32 Å². The number of carbonyl (C=O) groups excluding carboxylic acids is 3. The van der Waals surface area contributed by atoms with Crippen LogP contribution in [0.3, 0.4) is 0 Å². The van der Waals surface area contributed by atoms with Gasteiger partial charge in [-0.25, -0.2) is 13.2 Å². The topological polar surface area (TPSA) is 104 Å². The number of urea groups is 1. The molecule has 32 heavy (non-hydrogen) atoms. The Balaban J connectivity index is 1.41. The molecule has 1 N–H and O–H groups in total. The number of amides is 4. The van der Waals surface area contributed by atoms with E-state index in [-0.39, 0.29) is 29.5 Å². The van der Waals surface area contributed by atoms with Gasteiger partial charge in [0, 0.05) is 12.1 Å². The lowest BCUT2D eigenvalue weighted by molar-refractivity contribution is -0.140. The van der Waals surface area contributed by atoms with Crippen LogP contribution in [0, 0.1) is 0 Å². The minimum absolute atomic E-state index is 0.00832. The molecule has 5 rings (SSSR count). The van der Waals surface area contributed by atoms with E-state index in [1.54, 1.807) is 11.8 Å². The average Bonchev–Trinajstić information content (AvgIpc) is 3.48. The van der Waals surface area contributed by atoms with E-state index in [0.717, 1.165) is 28.5 Å². The maximum absolute atomic E-state index is 13.4. The monoisotopic (exact) mass is 455 g/mol. The third kappa shape index (κ3) is 3.44. The van der Waals surface area contributed by atoms with Crippen LogP contribution in [0.15, 0.2) is 42.5 Å². The molecule has 0 bridgehead atoms. The van der Waals surface area contributed by atoms with Gasteiger partial charge in [0.25, 0.3) is 5.91 Å². The van der Waals surface area contributed by atoms with Crippen LogP contribution >= 0.6 is 0 Å². The summed E-state index contributed by atoms with van der Waals surface area (Å²) in [4.78, 5) is 42.0. The molecule has 0 aromatic heterocycles. The summed E-state index contributed by atoms with van der Waals surface area (Å²) in [6.07, 6.45) is 2.03. The lowest BCUT2D eigenvalue weighted by Gasteiger charge is -2.30. The zero-order valence-electron chi connectivity index (χ0n) is 17.8. The summed E-state index contributed by atoms with van der Waals surface area (Å²) in [6, 6.07) is 12.2. The van der Waals surface area contributed by atoms with Gasteiger partial charge in [-0.05, 0) is 42.5 Å². The lowest BCUT2D eigenvalue weighted by Crippen LogP contribution is -2.49. The van der Waals surface area contributed by atoms with Gasteiger partial charge < -0.3 is 10.2 Å². The second kappa shape index (κ2) is 7.30. The predicted molar refractivity (Wildman–Crippen MR) is 118 cm³/mol. The van der Waals surface area contributed by atoms with Gasteiger partial charge >= 0.3 is 6.03 Å². The van der Waals surface area contributed by atoms with Crippen molar-refractivity contribution >= 4 is 38.5 Å². The van der Waals surface area contributed by atoms with E-state index in [0.29, 0.717) is 12.0 Å². The summed E-state index contributed by atoms with van der Waals surface area (Å²) in [5, 5.41) is 4.59. The number of sulfone groups is 1. The smallest absolute Gasteiger partial charge is 0.325 e. The predicted octanol–water partition coefficient (Wildman–Crippen LogP) is 1.78. The fraction of sp³-hybridized carbons (Fsp3) is 0.435. The van der Waals surface area contributed by atoms with Gasteiger partial charge in [-0.2, -0.15) is 0 Å². The summed E-state index contributed by atoms with van der Waals surface area (Å²) in [7, 11) is -3.16. The molecule has 3 fully saturated rings. The van der Waals surface area contributed by atoms with Crippen molar-refractivity contribution in [2.45, 2.75) is 43.8 Å². The van der Waals surface area contributed by atoms with E-state index < -0.39 is 33.9 Å². The van der Waals surface area contributed by atoms with E-state index in [4.69, 9.17) is 0 Å². The summed E-state index contributed by atoms with van der Waals surface area (Å²) in [5.41, 5.74) is -0.621. The van der Waals surface area contributed by atoms with Crippen LogP contribution in [0.2, 0.25) is 0 Å². The van der Waals surface area contributed by atoms with E-state index in [1.165, 1.54) is 0 Å². The average molecular weight is 456 g/mol. The summed E-state index contributed by atoms with van der Waals surface area (Å²) < 4.78 is 23.9. The fourth-order valence-electron chi connectivity index (χ4n) is 4.95. The maximum atomic E-state index is 13.4. The standard InChI is InChI=1S/C23H25N3O5S/c1-23(19-8-4-6-15-5-2-3-7-18(15)19)21(28)25(22(29)24-23)13-20(27)26(16-9-10-16)17-11-12-32(30,31)14-17/h2-8,16-17H,9-14H2,1H3,(H,24,29)/t17-,23-/m1/s1. The van der Waals surface area contributed by atoms with Crippen molar-refractivity contribution in [2.24, 2.45) is 0 Å². The Hall–Kier alpha value is -2.94. The number of rotatable bonds is 5. The second-order valence-electron chi connectivity index (χ2n) is 9.06. The van der Waals surface area contributed by atoms with Crippen molar-refractivity contribution in [3.8, 4) is 0 Å². The van der Waals surface area contributed by atoms with Crippen LogP contribution in [-0.2, 0) is 25.0 Å². The molecule has 2 saturated heterocycles. The van der Waals surface area contributed by atoms with Gasteiger partial charge in [0.1, 0.15) is 12.1 Å². The molecule has 2 aromatic carbocycles. The molecule has 9 heteroatoms. The second-order valence-corrected chi connectivity index (χ2v) is 11.3. The summed E-state index contributed by atoms with van der Waals surface area (Å²) >= 11 is 0. The molecule has 2 atom stereocenters. The van der Waals surface area contributed by atoms with Gasteiger partial charge in [-0.15, -0.1) is 0 Å². The lowest BCUT2D eigenvalue weighted by atomic mass is 9.88. The van der Waals surface area contributed by atoms with Crippen molar-refractivity contribution in [2.75, 3.05) is 18.1 Å². The van der Waals surface area contributed by atoms with Crippen molar-refractivity contribution in [3.05, 3.63) is 48.0 Å². The molecule has 4 amide bonds. The molecule has 1 aliphatic carbocycles. The molecule has 2 aromatic rings. The van der Waals surface area contributed by atoms with E-state index in [1.807, 2.05) is 42.5 Å². The molecule has 8 nitrogen and oxygen atoms in total. The third-order valence-electron chi connectivity index (χ3n) is 6.73. The Kier molecular flexibility index (Phi) is 4.77. The van der Waals surface area contributed by atoms with Crippen molar-refractivity contribution in [1.29, 1.82) is 0 Å². The Morgan fingerprint density at radius 2 is 1.81 bits per heavy atom. The quantitative estimate of drug-likeness (QED) is 0.693. The number of nitrogens with one attached hydrogen (secondary N) is 1. The third-order valence-corrected chi connectivity index (χ3v) is 8.48. The van der Waals surface area contributed by atoms with E-state index >= 15 is 0 Å². The van der Waals surface area contributed by atoms with Crippen molar-refractivity contribution in [1.82, 2.24) is 15.1 Å². The Bertz CT molecular complexity index is 1230.